The van der Waals surface area contributed by atoms with Gasteiger partial charge in [-0.3, -0.25) is 0 Å². The van der Waals surface area contributed by atoms with Crippen molar-refractivity contribution < 1.29 is 0 Å². The quantitative estimate of drug-likeness (QED) is 0.798. The Balaban J connectivity index is 2.32. The molecule has 104 valence electrons. The van der Waals surface area contributed by atoms with Gasteiger partial charge in [0.1, 0.15) is 0 Å². The summed E-state index contributed by atoms with van der Waals surface area (Å²) < 4.78 is 2.46. The molecule has 2 heteroatoms. The maximum atomic E-state index is 3.24. The Bertz CT molecular complexity index is 509. The maximum Gasteiger partial charge on any atom is 0.0483 e. The Morgan fingerprint density at radius 1 is 1.16 bits per heavy atom. The molecular formula is C17H26N2. The summed E-state index contributed by atoms with van der Waals surface area (Å²) in [6.07, 6.45) is 5.98. The monoisotopic (exact) mass is 258 g/mol. The maximum absolute atomic E-state index is 3.24. The van der Waals surface area contributed by atoms with Gasteiger partial charge >= 0.3 is 0 Å². The Kier molecular flexibility index (Phi) is 5.03. The van der Waals surface area contributed by atoms with Crippen LogP contribution in [0.2, 0.25) is 0 Å². The average molecular weight is 258 g/mol. The first kappa shape index (κ1) is 14.1. The highest BCUT2D eigenvalue weighted by Gasteiger charge is 2.10. The van der Waals surface area contributed by atoms with Crippen molar-refractivity contribution in [2.24, 2.45) is 5.92 Å². The van der Waals surface area contributed by atoms with Crippen molar-refractivity contribution in [1.82, 2.24) is 9.88 Å². The van der Waals surface area contributed by atoms with Gasteiger partial charge in [0.05, 0.1) is 0 Å². The lowest BCUT2D eigenvalue weighted by Crippen LogP contribution is -2.10. The first-order valence-electron chi connectivity index (χ1n) is 7.51. The summed E-state index contributed by atoms with van der Waals surface area (Å²) in [5.74, 6) is 0.785. The minimum atomic E-state index is 0.785. The normalized spacial score (nSPS) is 11.6. The summed E-state index contributed by atoms with van der Waals surface area (Å²) in [6, 6.07) is 8.80. The standard InChI is InChI=1S/C17H26N2/c1-4-14(5-2)12-19-13-15(10-11-18-3)16-8-6-7-9-17(16)19/h6-9,13-14,18H,4-5,10-12H2,1-3H3. The summed E-state index contributed by atoms with van der Waals surface area (Å²) >= 11 is 0. The number of nitrogens with one attached hydrogen (secondary N) is 1. The number of nitrogens with zero attached hydrogens (tertiary/aromatic N) is 1. The summed E-state index contributed by atoms with van der Waals surface area (Å²) in [5, 5.41) is 4.66. The lowest BCUT2D eigenvalue weighted by atomic mass is 10.0. The van der Waals surface area contributed by atoms with E-state index in [9.17, 15) is 0 Å². The van der Waals surface area contributed by atoms with Crippen molar-refractivity contribution in [3.05, 3.63) is 36.0 Å². The van der Waals surface area contributed by atoms with E-state index in [1.165, 1.54) is 29.3 Å². The highest BCUT2D eigenvalue weighted by molar-refractivity contribution is 5.84. The molecule has 0 aliphatic carbocycles. The number of rotatable bonds is 7. The molecule has 2 rings (SSSR count). The number of aromatic nitrogens is 1. The zero-order valence-corrected chi connectivity index (χ0v) is 12.4. The SMILES string of the molecule is CCC(CC)Cn1cc(CCNC)c2ccccc21. The minimum Gasteiger partial charge on any atom is -0.347 e. The van der Waals surface area contributed by atoms with Crippen LogP contribution in [-0.4, -0.2) is 18.2 Å². The van der Waals surface area contributed by atoms with E-state index in [0.29, 0.717) is 0 Å². The minimum absolute atomic E-state index is 0.785. The highest BCUT2D eigenvalue weighted by atomic mass is 15.0. The number of benzene rings is 1. The fraction of sp³-hybridized carbons (Fsp3) is 0.529. The number of hydrogen-bond acceptors (Lipinski definition) is 1. The predicted molar refractivity (Wildman–Crippen MR) is 83.6 cm³/mol. The molecule has 0 atom stereocenters. The molecule has 0 bridgehead atoms. The summed E-state index contributed by atoms with van der Waals surface area (Å²) in [4.78, 5) is 0. The van der Waals surface area contributed by atoms with Crippen LogP contribution in [0, 0.1) is 5.92 Å². The van der Waals surface area contributed by atoms with E-state index in [4.69, 9.17) is 0 Å². The van der Waals surface area contributed by atoms with Gasteiger partial charge in [-0.1, -0.05) is 44.9 Å². The average Bonchev–Trinajstić information content (AvgIpc) is 2.81. The molecule has 2 nitrogen and oxygen atoms in total. The molecule has 0 radical (unpaired) electrons. The van der Waals surface area contributed by atoms with E-state index in [-0.39, 0.29) is 0 Å². The van der Waals surface area contributed by atoms with Gasteiger partial charge in [0.15, 0.2) is 0 Å². The van der Waals surface area contributed by atoms with Crippen LogP contribution >= 0.6 is 0 Å². The number of hydrogen-bond donors (Lipinski definition) is 1. The van der Waals surface area contributed by atoms with Crippen molar-refractivity contribution in [2.75, 3.05) is 13.6 Å². The summed E-state index contributed by atoms with van der Waals surface area (Å²) in [7, 11) is 2.02. The molecule has 0 saturated heterocycles. The first-order chi connectivity index (χ1) is 9.30. The zero-order valence-electron chi connectivity index (χ0n) is 12.4. The molecule has 0 fully saturated rings. The number of para-hydroxylation sites is 1. The lowest BCUT2D eigenvalue weighted by Gasteiger charge is -2.14. The molecule has 2 aromatic rings. The lowest BCUT2D eigenvalue weighted by molar-refractivity contribution is 0.425. The van der Waals surface area contributed by atoms with Crippen LogP contribution in [0.25, 0.3) is 10.9 Å². The van der Waals surface area contributed by atoms with E-state index in [1.807, 2.05) is 7.05 Å². The van der Waals surface area contributed by atoms with Gasteiger partial charge < -0.3 is 9.88 Å². The van der Waals surface area contributed by atoms with Crippen LogP contribution in [-0.2, 0) is 13.0 Å². The molecular weight excluding hydrogens is 232 g/mol. The third-order valence-electron chi connectivity index (χ3n) is 4.13. The molecule has 0 spiro atoms. The Morgan fingerprint density at radius 2 is 1.89 bits per heavy atom. The van der Waals surface area contributed by atoms with Crippen LogP contribution in [0.15, 0.2) is 30.5 Å². The topological polar surface area (TPSA) is 17.0 Å². The van der Waals surface area contributed by atoms with Crippen molar-refractivity contribution >= 4 is 10.9 Å². The van der Waals surface area contributed by atoms with E-state index in [0.717, 1.165) is 25.4 Å². The van der Waals surface area contributed by atoms with Crippen molar-refractivity contribution in [1.29, 1.82) is 0 Å². The molecule has 0 aliphatic rings. The van der Waals surface area contributed by atoms with Gasteiger partial charge in [-0.05, 0) is 37.6 Å². The number of likely N-dealkylation sites (N-methyl/N-ethyl adjacent to an activating group) is 1. The van der Waals surface area contributed by atoms with Crippen LogP contribution < -0.4 is 5.32 Å². The Morgan fingerprint density at radius 3 is 2.58 bits per heavy atom. The summed E-state index contributed by atoms with van der Waals surface area (Å²) in [5.41, 5.74) is 2.86. The molecule has 1 heterocycles. The van der Waals surface area contributed by atoms with Gasteiger partial charge in [0.2, 0.25) is 0 Å². The predicted octanol–water partition coefficient (Wildman–Crippen LogP) is 3.84. The van der Waals surface area contributed by atoms with Crippen LogP contribution in [0.5, 0.6) is 0 Å². The molecule has 19 heavy (non-hydrogen) atoms. The van der Waals surface area contributed by atoms with E-state index >= 15 is 0 Å². The second kappa shape index (κ2) is 6.76. The van der Waals surface area contributed by atoms with Gasteiger partial charge in [0.25, 0.3) is 0 Å². The molecule has 0 unspecified atom stereocenters. The third kappa shape index (κ3) is 3.19. The van der Waals surface area contributed by atoms with Crippen LogP contribution in [0.1, 0.15) is 32.3 Å². The smallest absolute Gasteiger partial charge is 0.0483 e. The highest BCUT2D eigenvalue weighted by Crippen LogP contribution is 2.24. The van der Waals surface area contributed by atoms with E-state index in [1.54, 1.807) is 0 Å². The van der Waals surface area contributed by atoms with Gasteiger partial charge in [-0.15, -0.1) is 0 Å². The molecule has 1 aromatic heterocycles. The Hall–Kier alpha value is -1.28. The van der Waals surface area contributed by atoms with Crippen LogP contribution in [0.4, 0.5) is 0 Å². The van der Waals surface area contributed by atoms with Gasteiger partial charge in [0, 0.05) is 23.6 Å². The van der Waals surface area contributed by atoms with Crippen molar-refractivity contribution in [3.8, 4) is 0 Å². The van der Waals surface area contributed by atoms with Crippen LogP contribution in [0.3, 0.4) is 0 Å². The second-order valence-corrected chi connectivity index (χ2v) is 5.36. The largest absolute Gasteiger partial charge is 0.347 e. The summed E-state index contributed by atoms with van der Waals surface area (Å²) in [6.45, 7) is 6.77. The second-order valence-electron chi connectivity index (χ2n) is 5.36. The fourth-order valence-electron chi connectivity index (χ4n) is 2.76. The molecule has 0 aliphatic heterocycles. The third-order valence-corrected chi connectivity index (χ3v) is 4.13. The Labute approximate surface area is 116 Å². The van der Waals surface area contributed by atoms with E-state index < -0.39 is 0 Å². The van der Waals surface area contributed by atoms with Gasteiger partial charge in [-0.25, -0.2) is 0 Å². The molecule has 1 N–H and O–H groups in total. The number of fused-ring (bicyclic) bond motifs is 1. The van der Waals surface area contributed by atoms with Gasteiger partial charge in [-0.2, -0.15) is 0 Å². The molecule has 0 saturated carbocycles. The molecule has 1 aromatic carbocycles. The van der Waals surface area contributed by atoms with Crippen molar-refractivity contribution in [3.63, 3.8) is 0 Å². The fourth-order valence-corrected chi connectivity index (χ4v) is 2.76. The first-order valence-corrected chi connectivity index (χ1v) is 7.51. The zero-order chi connectivity index (χ0) is 13.7. The molecule has 0 amide bonds. The van der Waals surface area contributed by atoms with Crippen molar-refractivity contribution in [2.45, 2.75) is 39.7 Å². The van der Waals surface area contributed by atoms with E-state index in [2.05, 4.69) is 54.2 Å².